The maximum absolute atomic E-state index is 5.56. The number of hydrogen-bond acceptors (Lipinski definition) is 4. The third kappa shape index (κ3) is 2.13. The van der Waals surface area contributed by atoms with E-state index in [1.807, 2.05) is 12.3 Å². The minimum Gasteiger partial charge on any atom is -0.493 e. The van der Waals surface area contributed by atoms with Gasteiger partial charge in [-0.2, -0.15) is 0 Å². The van der Waals surface area contributed by atoms with Crippen molar-refractivity contribution >= 4 is 0 Å². The number of aromatic nitrogens is 1. The Kier molecular flexibility index (Phi) is 3.72. The molecule has 4 heteroatoms. The first kappa shape index (κ1) is 15.5. The molecular formula is C20H24N2O2. The Bertz CT molecular complexity index is 761. The monoisotopic (exact) mass is 324 g/mol. The first-order valence-corrected chi connectivity index (χ1v) is 8.56. The fourth-order valence-corrected chi connectivity index (χ4v) is 4.70. The standard InChI is InChI=1S/C20H24N2O2/c1-22-12-10-20(14-6-7-17(23-2)18(13-14)24-3)9-8-16-15(19(20)22)5-4-11-21-16/h4-7,11,13,19H,8-10,12H2,1-3H3/t19-,20-/m1/s1. The first-order valence-electron chi connectivity index (χ1n) is 8.56. The number of likely N-dealkylation sites (tertiary alicyclic amines) is 1. The highest BCUT2D eigenvalue weighted by atomic mass is 16.5. The second-order valence-corrected chi connectivity index (χ2v) is 6.90. The lowest BCUT2D eigenvalue weighted by molar-refractivity contribution is 0.220. The van der Waals surface area contributed by atoms with Crippen LogP contribution in [0, 0.1) is 0 Å². The highest BCUT2D eigenvalue weighted by molar-refractivity contribution is 5.48. The van der Waals surface area contributed by atoms with Crippen LogP contribution >= 0.6 is 0 Å². The average Bonchev–Trinajstić information content (AvgIpc) is 2.99. The van der Waals surface area contributed by atoms with E-state index in [1.165, 1.54) is 16.8 Å². The Morgan fingerprint density at radius 3 is 2.75 bits per heavy atom. The normalized spacial score (nSPS) is 25.9. The summed E-state index contributed by atoms with van der Waals surface area (Å²) >= 11 is 0. The van der Waals surface area contributed by atoms with E-state index in [-0.39, 0.29) is 5.41 Å². The minimum absolute atomic E-state index is 0.129. The number of methoxy groups -OCH3 is 2. The van der Waals surface area contributed by atoms with Crippen molar-refractivity contribution in [3.63, 3.8) is 0 Å². The van der Waals surface area contributed by atoms with Gasteiger partial charge in [0.2, 0.25) is 0 Å². The summed E-state index contributed by atoms with van der Waals surface area (Å²) in [6, 6.07) is 11.1. The average molecular weight is 324 g/mol. The predicted octanol–water partition coefficient (Wildman–Crippen LogP) is 3.36. The number of pyridine rings is 1. The van der Waals surface area contributed by atoms with E-state index in [0.717, 1.165) is 37.3 Å². The molecule has 4 nitrogen and oxygen atoms in total. The molecule has 2 aliphatic rings. The molecule has 1 aliphatic heterocycles. The molecule has 0 unspecified atom stereocenters. The van der Waals surface area contributed by atoms with Gasteiger partial charge in [-0.15, -0.1) is 0 Å². The predicted molar refractivity (Wildman–Crippen MR) is 93.8 cm³/mol. The Hall–Kier alpha value is -2.07. The third-order valence-corrected chi connectivity index (χ3v) is 5.86. The maximum Gasteiger partial charge on any atom is 0.161 e. The zero-order valence-corrected chi connectivity index (χ0v) is 14.6. The molecule has 0 saturated carbocycles. The minimum atomic E-state index is 0.129. The number of fused-ring (bicyclic) bond motifs is 3. The highest BCUT2D eigenvalue weighted by Gasteiger charge is 2.50. The molecule has 2 aromatic rings. The van der Waals surface area contributed by atoms with Crippen LogP contribution in [-0.2, 0) is 11.8 Å². The van der Waals surface area contributed by atoms with Crippen LogP contribution in [0.5, 0.6) is 11.5 Å². The number of ether oxygens (including phenoxy) is 2. The molecule has 2 atom stereocenters. The van der Waals surface area contributed by atoms with Gasteiger partial charge in [-0.25, -0.2) is 0 Å². The van der Waals surface area contributed by atoms with Crippen molar-refractivity contribution < 1.29 is 9.47 Å². The van der Waals surface area contributed by atoms with Crippen molar-refractivity contribution in [3.05, 3.63) is 53.3 Å². The Morgan fingerprint density at radius 2 is 1.96 bits per heavy atom. The van der Waals surface area contributed by atoms with Crippen molar-refractivity contribution in [2.75, 3.05) is 27.8 Å². The number of aryl methyl sites for hydroxylation is 1. The number of hydrogen-bond donors (Lipinski definition) is 0. The maximum atomic E-state index is 5.56. The molecule has 1 aromatic heterocycles. The van der Waals surface area contributed by atoms with Crippen LogP contribution in [0.2, 0.25) is 0 Å². The molecule has 1 aliphatic carbocycles. The van der Waals surface area contributed by atoms with Gasteiger partial charge in [0.15, 0.2) is 11.5 Å². The van der Waals surface area contributed by atoms with Gasteiger partial charge in [-0.3, -0.25) is 9.88 Å². The molecule has 126 valence electrons. The Balaban J connectivity index is 1.85. The smallest absolute Gasteiger partial charge is 0.161 e. The SMILES string of the molecule is COc1ccc([C@]23CCc4ncccc4[C@H]2N(C)CC3)cc1OC. The van der Waals surface area contributed by atoms with E-state index in [2.05, 4.69) is 41.2 Å². The fourth-order valence-electron chi connectivity index (χ4n) is 4.70. The van der Waals surface area contributed by atoms with Crippen molar-refractivity contribution in [1.82, 2.24) is 9.88 Å². The van der Waals surface area contributed by atoms with Crippen LogP contribution in [0.4, 0.5) is 0 Å². The van der Waals surface area contributed by atoms with E-state index in [0.29, 0.717) is 6.04 Å². The molecule has 2 heterocycles. The van der Waals surface area contributed by atoms with E-state index < -0.39 is 0 Å². The third-order valence-electron chi connectivity index (χ3n) is 5.86. The molecular weight excluding hydrogens is 300 g/mol. The van der Waals surface area contributed by atoms with E-state index >= 15 is 0 Å². The molecule has 0 bridgehead atoms. The summed E-state index contributed by atoms with van der Waals surface area (Å²) in [7, 11) is 5.62. The van der Waals surface area contributed by atoms with Crippen LogP contribution in [0.3, 0.4) is 0 Å². The first-order chi connectivity index (χ1) is 11.7. The van der Waals surface area contributed by atoms with Crippen LogP contribution < -0.4 is 9.47 Å². The Labute approximate surface area is 143 Å². The van der Waals surface area contributed by atoms with Crippen molar-refractivity contribution in [3.8, 4) is 11.5 Å². The summed E-state index contributed by atoms with van der Waals surface area (Å²) in [6.07, 6.45) is 5.24. The molecule has 24 heavy (non-hydrogen) atoms. The van der Waals surface area contributed by atoms with Crippen molar-refractivity contribution in [2.24, 2.45) is 0 Å². The number of likely N-dealkylation sites (N-methyl/N-ethyl adjacent to an activating group) is 1. The summed E-state index contributed by atoms with van der Waals surface area (Å²) in [5.74, 6) is 1.60. The van der Waals surface area contributed by atoms with Gasteiger partial charge in [-0.05, 0) is 62.2 Å². The van der Waals surface area contributed by atoms with E-state index in [4.69, 9.17) is 9.47 Å². The lowest BCUT2D eigenvalue weighted by Crippen LogP contribution is -2.38. The van der Waals surface area contributed by atoms with Gasteiger partial charge < -0.3 is 9.47 Å². The van der Waals surface area contributed by atoms with Crippen molar-refractivity contribution in [1.29, 1.82) is 0 Å². The van der Waals surface area contributed by atoms with E-state index in [1.54, 1.807) is 14.2 Å². The zero-order chi connectivity index (χ0) is 16.7. The van der Waals surface area contributed by atoms with E-state index in [9.17, 15) is 0 Å². The fraction of sp³-hybridized carbons (Fsp3) is 0.450. The van der Waals surface area contributed by atoms with Gasteiger partial charge in [0.25, 0.3) is 0 Å². The molecule has 4 rings (SSSR count). The molecule has 1 fully saturated rings. The molecule has 1 aromatic carbocycles. The van der Waals surface area contributed by atoms with Gasteiger partial charge in [0.1, 0.15) is 0 Å². The lowest BCUT2D eigenvalue weighted by Gasteiger charge is -2.42. The summed E-state index contributed by atoms with van der Waals surface area (Å²) < 4.78 is 11.0. The molecule has 0 amide bonds. The van der Waals surface area contributed by atoms with Crippen LogP contribution in [0.1, 0.15) is 35.7 Å². The lowest BCUT2D eigenvalue weighted by atomic mass is 9.65. The molecule has 0 N–H and O–H groups in total. The number of nitrogens with zero attached hydrogens (tertiary/aromatic N) is 2. The largest absolute Gasteiger partial charge is 0.493 e. The van der Waals surface area contributed by atoms with Crippen LogP contribution in [-0.4, -0.2) is 37.7 Å². The second-order valence-electron chi connectivity index (χ2n) is 6.90. The van der Waals surface area contributed by atoms with Gasteiger partial charge >= 0.3 is 0 Å². The van der Waals surface area contributed by atoms with Gasteiger partial charge in [-0.1, -0.05) is 12.1 Å². The number of benzene rings is 1. The van der Waals surface area contributed by atoms with Gasteiger partial charge in [0.05, 0.1) is 14.2 Å². The summed E-state index contributed by atoms with van der Waals surface area (Å²) in [4.78, 5) is 7.11. The van der Waals surface area contributed by atoms with Gasteiger partial charge in [0, 0.05) is 23.3 Å². The summed E-state index contributed by atoms with van der Waals surface area (Å²) in [6.45, 7) is 1.10. The Morgan fingerprint density at radius 1 is 1.12 bits per heavy atom. The molecule has 0 radical (unpaired) electrons. The zero-order valence-electron chi connectivity index (χ0n) is 14.6. The van der Waals surface area contributed by atoms with Crippen LogP contribution in [0.25, 0.3) is 0 Å². The summed E-state index contributed by atoms with van der Waals surface area (Å²) in [5, 5.41) is 0. The molecule has 1 saturated heterocycles. The topological polar surface area (TPSA) is 34.6 Å². The number of rotatable bonds is 3. The quantitative estimate of drug-likeness (QED) is 0.867. The summed E-state index contributed by atoms with van der Waals surface area (Å²) in [5.41, 5.74) is 4.12. The second kappa shape index (κ2) is 5.78. The van der Waals surface area contributed by atoms with Crippen LogP contribution in [0.15, 0.2) is 36.5 Å². The molecule has 0 spiro atoms. The van der Waals surface area contributed by atoms with Crippen molar-refractivity contribution in [2.45, 2.75) is 30.7 Å². The highest BCUT2D eigenvalue weighted by Crippen LogP contribution is 2.55.